The second kappa shape index (κ2) is 5.13. The fourth-order valence-corrected chi connectivity index (χ4v) is 2.11. The lowest BCUT2D eigenvalue weighted by molar-refractivity contribution is -0.148. The van der Waals surface area contributed by atoms with E-state index < -0.39 is 17.4 Å². The fraction of sp³-hybridized carbons (Fsp3) is 0.429. The average Bonchev–Trinajstić information content (AvgIpc) is 2.75. The monoisotopic (exact) mass is 278 g/mol. The van der Waals surface area contributed by atoms with Crippen molar-refractivity contribution in [2.24, 2.45) is 5.41 Å². The summed E-state index contributed by atoms with van der Waals surface area (Å²) in [4.78, 5) is 23.5. The number of nitrogens with two attached hydrogens (primary N) is 1. The molecule has 6 nitrogen and oxygen atoms in total. The standard InChI is InChI=1S/C14H18N2O4/c1-8-3-4-9(5-10(8)15)12(17)16-11-6-20-7-14(11,2)13(18)19/h3-5,11H,6-7,15H2,1-2H3,(H,16,17)(H,18,19). The van der Waals surface area contributed by atoms with E-state index in [1.54, 1.807) is 25.1 Å². The number of hydrogen-bond acceptors (Lipinski definition) is 4. The molecule has 1 aliphatic heterocycles. The van der Waals surface area contributed by atoms with E-state index in [-0.39, 0.29) is 19.1 Å². The molecule has 0 aromatic heterocycles. The first-order valence-corrected chi connectivity index (χ1v) is 6.33. The van der Waals surface area contributed by atoms with Crippen molar-refractivity contribution in [1.29, 1.82) is 0 Å². The summed E-state index contributed by atoms with van der Waals surface area (Å²) < 4.78 is 5.19. The number of benzene rings is 1. The van der Waals surface area contributed by atoms with Crippen LogP contribution in [0.3, 0.4) is 0 Å². The van der Waals surface area contributed by atoms with E-state index in [1.165, 1.54) is 0 Å². The number of hydrogen-bond donors (Lipinski definition) is 3. The molecule has 1 heterocycles. The summed E-state index contributed by atoms with van der Waals surface area (Å²) in [5, 5.41) is 12.0. The molecule has 1 aromatic rings. The quantitative estimate of drug-likeness (QED) is 0.710. The molecule has 0 aliphatic carbocycles. The van der Waals surface area contributed by atoms with Crippen LogP contribution in [0.5, 0.6) is 0 Å². The lowest BCUT2D eigenvalue weighted by atomic mass is 9.85. The highest BCUT2D eigenvalue weighted by Gasteiger charge is 2.47. The van der Waals surface area contributed by atoms with Crippen molar-refractivity contribution in [2.45, 2.75) is 19.9 Å². The molecule has 1 fully saturated rings. The zero-order valence-electron chi connectivity index (χ0n) is 11.5. The number of ether oxygens (including phenoxy) is 1. The maximum Gasteiger partial charge on any atom is 0.313 e. The Kier molecular flexibility index (Phi) is 3.67. The number of carboxylic acid groups (broad SMARTS) is 1. The molecule has 2 unspecified atom stereocenters. The summed E-state index contributed by atoms with van der Waals surface area (Å²) in [6.45, 7) is 3.69. The van der Waals surface area contributed by atoms with Gasteiger partial charge in [-0.15, -0.1) is 0 Å². The largest absolute Gasteiger partial charge is 0.481 e. The summed E-state index contributed by atoms with van der Waals surface area (Å²) in [6.07, 6.45) is 0. The normalized spacial score (nSPS) is 25.4. The van der Waals surface area contributed by atoms with Crippen molar-refractivity contribution < 1.29 is 19.4 Å². The Morgan fingerprint density at radius 3 is 2.80 bits per heavy atom. The smallest absolute Gasteiger partial charge is 0.313 e. The van der Waals surface area contributed by atoms with E-state index in [2.05, 4.69) is 5.32 Å². The molecule has 1 saturated heterocycles. The molecule has 6 heteroatoms. The highest BCUT2D eigenvalue weighted by molar-refractivity contribution is 5.96. The van der Waals surface area contributed by atoms with Crippen LogP contribution >= 0.6 is 0 Å². The first-order valence-electron chi connectivity index (χ1n) is 6.33. The van der Waals surface area contributed by atoms with E-state index >= 15 is 0 Å². The number of rotatable bonds is 3. The van der Waals surface area contributed by atoms with Gasteiger partial charge in [0.15, 0.2) is 0 Å². The van der Waals surface area contributed by atoms with Crippen LogP contribution in [0.1, 0.15) is 22.8 Å². The number of carbonyl (C=O) groups excluding carboxylic acids is 1. The van der Waals surface area contributed by atoms with Gasteiger partial charge in [0.1, 0.15) is 5.41 Å². The van der Waals surface area contributed by atoms with E-state index in [0.717, 1.165) is 5.56 Å². The lowest BCUT2D eigenvalue weighted by Gasteiger charge is -2.25. The van der Waals surface area contributed by atoms with Gasteiger partial charge in [0.05, 0.1) is 19.3 Å². The molecular weight excluding hydrogens is 260 g/mol. The molecule has 1 amide bonds. The average molecular weight is 278 g/mol. The lowest BCUT2D eigenvalue weighted by Crippen LogP contribution is -2.49. The molecule has 0 radical (unpaired) electrons. The first kappa shape index (κ1) is 14.3. The number of carboxylic acids is 1. The summed E-state index contributed by atoms with van der Waals surface area (Å²) >= 11 is 0. The molecule has 20 heavy (non-hydrogen) atoms. The van der Waals surface area contributed by atoms with E-state index in [9.17, 15) is 14.7 Å². The zero-order chi connectivity index (χ0) is 14.9. The molecule has 2 atom stereocenters. The highest BCUT2D eigenvalue weighted by Crippen LogP contribution is 2.29. The summed E-state index contributed by atoms with van der Waals surface area (Å²) in [5.41, 5.74) is 6.49. The highest BCUT2D eigenvalue weighted by atomic mass is 16.5. The van der Waals surface area contributed by atoms with Gasteiger partial charge in [0.25, 0.3) is 5.91 Å². The Balaban J connectivity index is 2.15. The maximum absolute atomic E-state index is 12.2. The molecule has 0 bridgehead atoms. The van der Waals surface area contributed by atoms with Crippen LogP contribution in [0, 0.1) is 12.3 Å². The molecule has 0 saturated carbocycles. The molecule has 2 rings (SSSR count). The summed E-state index contributed by atoms with van der Waals surface area (Å²) in [5.74, 6) is -1.33. The Labute approximate surface area is 116 Å². The summed E-state index contributed by atoms with van der Waals surface area (Å²) in [6, 6.07) is 4.44. The second-order valence-electron chi connectivity index (χ2n) is 5.34. The Morgan fingerprint density at radius 2 is 2.20 bits per heavy atom. The topological polar surface area (TPSA) is 102 Å². The SMILES string of the molecule is Cc1ccc(C(=O)NC2COCC2(C)C(=O)O)cc1N. The Bertz CT molecular complexity index is 558. The summed E-state index contributed by atoms with van der Waals surface area (Å²) in [7, 11) is 0. The van der Waals surface area contributed by atoms with Crippen LogP contribution in [-0.4, -0.2) is 36.2 Å². The molecular formula is C14H18N2O4. The second-order valence-corrected chi connectivity index (χ2v) is 5.34. The molecule has 1 aliphatic rings. The van der Waals surface area contributed by atoms with Crippen LogP contribution in [0.25, 0.3) is 0 Å². The fourth-order valence-electron chi connectivity index (χ4n) is 2.11. The third-order valence-corrected chi connectivity index (χ3v) is 3.79. The minimum atomic E-state index is -1.11. The number of amides is 1. The van der Waals surface area contributed by atoms with Crippen molar-refractivity contribution >= 4 is 17.6 Å². The van der Waals surface area contributed by atoms with Gasteiger partial charge >= 0.3 is 5.97 Å². The predicted molar refractivity (Wildman–Crippen MR) is 73.4 cm³/mol. The van der Waals surface area contributed by atoms with Crippen molar-refractivity contribution in [1.82, 2.24) is 5.32 Å². The third kappa shape index (κ3) is 2.46. The molecule has 108 valence electrons. The van der Waals surface area contributed by atoms with E-state index in [1.807, 2.05) is 6.92 Å². The minimum absolute atomic E-state index is 0.0866. The molecule has 1 aromatic carbocycles. The van der Waals surface area contributed by atoms with Gasteiger partial charge in [-0.05, 0) is 31.5 Å². The van der Waals surface area contributed by atoms with Crippen molar-refractivity contribution in [3.05, 3.63) is 29.3 Å². The molecule has 4 N–H and O–H groups in total. The predicted octanol–water partition coefficient (Wildman–Crippen LogP) is 0.797. The van der Waals surface area contributed by atoms with Gasteiger partial charge in [0.2, 0.25) is 0 Å². The maximum atomic E-state index is 12.2. The van der Waals surface area contributed by atoms with Crippen LogP contribution < -0.4 is 11.1 Å². The van der Waals surface area contributed by atoms with Gasteiger partial charge in [-0.2, -0.15) is 0 Å². The number of aryl methyl sites for hydroxylation is 1. The first-order chi connectivity index (χ1) is 9.34. The van der Waals surface area contributed by atoms with Crippen LogP contribution in [0.2, 0.25) is 0 Å². The van der Waals surface area contributed by atoms with E-state index in [0.29, 0.717) is 11.3 Å². The van der Waals surface area contributed by atoms with Crippen LogP contribution in [0.4, 0.5) is 5.69 Å². The third-order valence-electron chi connectivity index (χ3n) is 3.79. The van der Waals surface area contributed by atoms with Gasteiger partial charge in [-0.3, -0.25) is 9.59 Å². The number of aliphatic carboxylic acids is 1. The van der Waals surface area contributed by atoms with Crippen molar-refractivity contribution in [2.75, 3.05) is 18.9 Å². The number of nitrogens with one attached hydrogen (secondary N) is 1. The van der Waals surface area contributed by atoms with Crippen LogP contribution in [-0.2, 0) is 9.53 Å². The number of carbonyl (C=O) groups is 2. The van der Waals surface area contributed by atoms with Crippen molar-refractivity contribution in [3.63, 3.8) is 0 Å². The number of anilines is 1. The Morgan fingerprint density at radius 1 is 1.50 bits per heavy atom. The van der Waals surface area contributed by atoms with Crippen molar-refractivity contribution in [3.8, 4) is 0 Å². The zero-order valence-corrected chi connectivity index (χ0v) is 11.5. The van der Waals surface area contributed by atoms with Gasteiger partial charge < -0.3 is 20.9 Å². The van der Waals surface area contributed by atoms with Crippen LogP contribution in [0.15, 0.2) is 18.2 Å². The van der Waals surface area contributed by atoms with Gasteiger partial charge in [-0.25, -0.2) is 0 Å². The minimum Gasteiger partial charge on any atom is -0.481 e. The van der Waals surface area contributed by atoms with Gasteiger partial charge in [-0.1, -0.05) is 6.07 Å². The van der Waals surface area contributed by atoms with E-state index in [4.69, 9.17) is 10.5 Å². The molecule has 0 spiro atoms. The Hall–Kier alpha value is -2.08. The number of nitrogen functional groups attached to an aromatic ring is 1. The van der Waals surface area contributed by atoms with Gasteiger partial charge in [0, 0.05) is 11.3 Å².